The lowest BCUT2D eigenvalue weighted by molar-refractivity contribution is -0.134. The molecule has 0 aromatic carbocycles. The normalized spacial score (nSPS) is 29.5. The highest BCUT2D eigenvalue weighted by Crippen LogP contribution is 2.26. The third-order valence-corrected chi connectivity index (χ3v) is 2.41. The molecule has 1 aliphatic rings. The molecule has 2 atom stereocenters. The van der Waals surface area contributed by atoms with Crippen LogP contribution in [0.25, 0.3) is 0 Å². The van der Waals surface area contributed by atoms with Crippen LogP contribution in [0.2, 0.25) is 0 Å². The number of hydrogen-bond donors (Lipinski definition) is 2. The molecule has 1 aromatic rings. The van der Waals surface area contributed by atoms with E-state index in [9.17, 15) is 4.79 Å². The van der Waals surface area contributed by atoms with Gasteiger partial charge in [-0.15, -0.1) is 0 Å². The van der Waals surface area contributed by atoms with Crippen LogP contribution in [0.15, 0.2) is 17.1 Å². The summed E-state index contributed by atoms with van der Waals surface area (Å²) in [6, 6.07) is 1.50. The molecule has 0 saturated carbocycles. The smallest absolute Gasteiger partial charge is 0.351 e. The lowest BCUT2D eigenvalue weighted by Crippen LogP contribution is -2.42. The number of nitrogens with zero attached hydrogens (tertiary/aromatic N) is 2. The van der Waals surface area contributed by atoms with E-state index in [1.165, 1.54) is 16.8 Å². The molecule has 0 radical (unpaired) electrons. The molecule has 2 rings (SSSR count). The van der Waals surface area contributed by atoms with Crippen LogP contribution in [0.3, 0.4) is 0 Å². The Bertz CT molecular complexity index is 447. The van der Waals surface area contributed by atoms with E-state index in [0.717, 1.165) is 0 Å². The molecule has 1 aliphatic heterocycles. The summed E-state index contributed by atoms with van der Waals surface area (Å²) in [5, 5.41) is 8.89. The predicted molar refractivity (Wildman–Crippen MR) is 54.5 cm³/mol. The fourth-order valence-corrected chi connectivity index (χ4v) is 1.59. The summed E-state index contributed by atoms with van der Waals surface area (Å²) in [6.45, 7) is 1.60. The molecule has 0 unspecified atom stereocenters. The number of nitrogens with two attached hydrogens (primary N) is 1. The maximum absolute atomic E-state index is 11.6. The SMILES string of the molecule is C[C@@]1(n2ccc(N)nc2=O)CO[C@@H](CO)O1. The first kappa shape index (κ1) is 11.1. The number of anilines is 1. The molecular formula is C9H13N3O4. The van der Waals surface area contributed by atoms with Gasteiger partial charge in [0.25, 0.3) is 0 Å². The van der Waals surface area contributed by atoms with Crippen molar-refractivity contribution in [1.82, 2.24) is 9.55 Å². The number of aliphatic hydroxyl groups is 1. The lowest BCUT2D eigenvalue weighted by atomic mass is 10.3. The lowest BCUT2D eigenvalue weighted by Gasteiger charge is -2.24. The van der Waals surface area contributed by atoms with Gasteiger partial charge in [0.1, 0.15) is 5.82 Å². The van der Waals surface area contributed by atoms with E-state index in [1.807, 2.05) is 0 Å². The van der Waals surface area contributed by atoms with E-state index in [4.69, 9.17) is 20.3 Å². The van der Waals surface area contributed by atoms with Gasteiger partial charge < -0.3 is 20.3 Å². The van der Waals surface area contributed by atoms with Crippen molar-refractivity contribution in [3.8, 4) is 0 Å². The molecular weight excluding hydrogens is 214 g/mol. The minimum atomic E-state index is -0.953. The first-order valence-electron chi connectivity index (χ1n) is 4.81. The fourth-order valence-electron chi connectivity index (χ4n) is 1.59. The summed E-state index contributed by atoms with van der Waals surface area (Å²) in [5.41, 5.74) is 3.92. The van der Waals surface area contributed by atoms with Gasteiger partial charge in [-0.3, -0.25) is 4.57 Å². The summed E-state index contributed by atoms with van der Waals surface area (Å²) >= 11 is 0. The summed E-state index contributed by atoms with van der Waals surface area (Å²) < 4.78 is 11.9. The zero-order valence-electron chi connectivity index (χ0n) is 8.79. The van der Waals surface area contributed by atoms with E-state index in [0.29, 0.717) is 0 Å². The molecule has 1 aromatic heterocycles. The molecule has 1 saturated heterocycles. The maximum atomic E-state index is 11.6. The Morgan fingerprint density at radius 1 is 1.81 bits per heavy atom. The van der Waals surface area contributed by atoms with Crippen molar-refractivity contribution in [3.63, 3.8) is 0 Å². The Labute approximate surface area is 91.4 Å². The largest absolute Gasteiger partial charge is 0.391 e. The molecule has 0 aliphatic carbocycles. The van der Waals surface area contributed by atoms with Crippen LogP contribution in [-0.2, 0) is 15.2 Å². The van der Waals surface area contributed by atoms with Crippen LogP contribution >= 0.6 is 0 Å². The molecule has 2 heterocycles. The highest BCUT2D eigenvalue weighted by Gasteiger charge is 2.39. The highest BCUT2D eigenvalue weighted by molar-refractivity contribution is 5.23. The second-order valence-electron chi connectivity index (χ2n) is 3.72. The van der Waals surface area contributed by atoms with E-state index < -0.39 is 17.7 Å². The van der Waals surface area contributed by atoms with Crippen molar-refractivity contribution < 1.29 is 14.6 Å². The number of aliphatic hydroxyl groups excluding tert-OH is 1. The van der Waals surface area contributed by atoms with Crippen LogP contribution in [0.1, 0.15) is 6.92 Å². The first-order valence-corrected chi connectivity index (χ1v) is 4.81. The molecule has 0 spiro atoms. The third kappa shape index (κ3) is 1.80. The maximum Gasteiger partial charge on any atom is 0.351 e. The monoisotopic (exact) mass is 227 g/mol. The fraction of sp³-hybridized carbons (Fsp3) is 0.556. The Kier molecular flexibility index (Phi) is 2.66. The van der Waals surface area contributed by atoms with Crippen molar-refractivity contribution in [3.05, 3.63) is 22.7 Å². The average molecular weight is 227 g/mol. The number of aromatic nitrogens is 2. The van der Waals surface area contributed by atoms with Crippen LogP contribution in [0.5, 0.6) is 0 Å². The van der Waals surface area contributed by atoms with Crippen molar-refractivity contribution >= 4 is 5.82 Å². The molecule has 7 nitrogen and oxygen atoms in total. The van der Waals surface area contributed by atoms with E-state index in [1.54, 1.807) is 6.92 Å². The number of rotatable bonds is 2. The Morgan fingerprint density at radius 2 is 2.56 bits per heavy atom. The Morgan fingerprint density at radius 3 is 3.12 bits per heavy atom. The van der Waals surface area contributed by atoms with Gasteiger partial charge >= 0.3 is 5.69 Å². The Balaban J connectivity index is 2.34. The van der Waals surface area contributed by atoms with Gasteiger partial charge in [0.15, 0.2) is 12.0 Å². The topological polar surface area (TPSA) is 99.6 Å². The average Bonchev–Trinajstić information content (AvgIpc) is 2.61. The van der Waals surface area contributed by atoms with Gasteiger partial charge in [-0.1, -0.05) is 0 Å². The molecule has 7 heteroatoms. The first-order chi connectivity index (χ1) is 7.55. The highest BCUT2D eigenvalue weighted by atomic mass is 16.7. The third-order valence-electron chi connectivity index (χ3n) is 2.41. The standard InChI is InChI=1S/C9H13N3O4/c1-9(5-15-7(4-13)16-9)12-3-2-6(10)11-8(12)14/h2-3,7,13H,4-5H2,1H3,(H2,10,11,14)/t7-,9+/m1/s1. The molecule has 0 amide bonds. The molecule has 3 N–H and O–H groups in total. The zero-order valence-corrected chi connectivity index (χ0v) is 8.79. The molecule has 0 bridgehead atoms. The summed E-state index contributed by atoms with van der Waals surface area (Å²) in [4.78, 5) is 15.2. The number of hydrogen-bond acceptors (Lipinski definition) is 6. The summed E-state index contributed by atoms with van der Waals surface area (Å²) in [6.07, 6.45) is 0.780. The van der Waals surface area contributed by atoms with E-state index in [-0.39, 0.29) is 19.0 Å². The molecule has 88 valence electrons. The van der Waals surface area contributed by atoms with Crippen molar-refractivity contribution in [1.29, 1.82) is 0 Å². The van der Waals surface area contributed by atoms with Crippen molar-refractivity contribution in [2.45, 2.75) is 18.9 Å². The van der Waals surface area contributed by atoms with Crippen LogP contribution in [-0.4, -0.2) is 34.2 Å². The van der Waals surface area contributed by atoms with Gasteiger partial charge in [0.2, 0.25) is 0 Å². The van der Waals surface area contributed by atoms with Crippen molar-refractivity contribution in [2.75, 3.05) is 18.9 Å². The van der Waals surface area contributed by atoms with Crippen molar-refractivity contribution in [2.24, 2.45) is 0 Å². The number of ether oxygens (including phenoxy) is 2. The zero-order chi connectivity index (χ0) is 11.8. The van der Waals surface area contributed by atoms with Crippen LogP contribution in [0.4, 0.5) is 5.82 Å². The second-order valence-corrected chi connectivity index (χ2v) is 3.72. The molecule has 16 heavy (non-hydrogen) atoms. The van der Waals surface area contributed by atoms with E-state index >= 15 is 0 Å². The minimum Gasteiger partial charge on any atom is -0.391 e. The van der Waals surface area contributed by atoms with E-state index in [2.05, 4.69) is 4.98 Å². The Hall–Kier alpha value is -1.44. The van der Waals surface area contributed by atoms with Gasteiger partial charge in [-0.25, -0.2) is 4.79 Å². The summed E-state index contributed by atoms with van der Waals surface area (Å²) in [5.74, 6) is 0.155. The van der Waals surface area contributed by atoms with Crippen LogP contribution in [0, 0.1) is 0 Å². The molecule has 1 fully saturated rings. The van der Waals surface area contributed by atoms with Crippen LogP contribution < -0.4 is 11.4 Å². The quantitative estimate of drug-likeness (QED) is 0.662. The predicted octanol–water partition coefficient (Wildman–Crippen LogP) is -1.14. The summed E-state index contributed by atoms with van der Waals surface area (Å²) in [7, 11) is 0. The van der Waals surface area contributed by atoms with Gasteiger partial charge in [0.05, 0.1) is 13.2 Å². The minimum absolute atomic E-state index is 0.155. The van der Waals surface area contributed by atoms with Gasteiger partial charge in [0, 0.05) is 6.20 Å². The number of nitrogen functional groups attached to an aromatic ring is 1. The van der Waals surface area contributed by atoms with Gasteiger partial charge in [-0.2, -0.15) is 4.98 Å². The second kappa shape index (κ2) is 3.85. The van der Waals surface area contributed by atoms with Gasteiger partial charge in [-0.05, 0) is 13.0 Å².